The minimum Gasteiger partial charge on any atom is -0.494 e. The van der Waals surface area contributed by atoms with E-state index in [-0.39, 0.29) is 18.7 Å². The lowest BCUT2D eigenvalue weighted by atomic mass is 9.96. The minimum atomic E-state index is -0.332. The number of aromatic nitrogens is 2. The van der Waals surface area contributed by atoms with Crippen molar-refractivity contribution in [1.82, 2.24) is 15.1 Å². The van der Waals surface area contributed by atoms with Crippen molar-refractivity contribution >= 4 is 17.5 Å². The highest BCUT2D eigenvalue weighted by atomic mass is 35.5. The number of benzene rings is 3. The highest BCUT2D eigenvalue weighted by molar-refractivity contribution is 6.30. The van der Waals surface area contributed by atoms with E-state index in [0.29, 0.717) is 35.4 Å². The lowest BCUT2D eigenvalue weighted by Gasteiger charge is -2.27. The Bertz CT molecular complexity index is 1450. The fourth-order valence-corrected chi connectivity index (χ4v) is 5.18. The number of unbranched alkanes of at least 4 members (excludes halogenated alkanes) is 2. The summed E-state index contributed by atoms with van der Waals surface area (Å²) in [5.74, 6) is 2.13. The van der Waals surface area contributed by atoms with Crippen LogP contribution < -0.4 is 14.2 Å². The van der Waals surface area contributed by atoms with Crippen molar-refractivity contribution in [2.24, 2.45) is 0 Å². The van der Waals surface area contributed by atoms with Crippen molar-refractivity contribution < 1.29 is 19.0 Å². The number of aromatic amines is 1. The van der Waals surface area contributed by atoms with Gasteiger partial charge >= 0.3 is 0 Å². The summed E-state index contributed by atoms with van der Waals surface area (Å²) >= 11 is 6.14. The second kappa shape index (κ2) is 10.4. The molecule has 3 aromatic carbocycles. The number of ether oxygens (including phenoxy) is 3. The maximum Gasteiger partial charge on any atom is 0.273 e. The molecule has 1 aromatic heterocycles. The number of carbonyl (C=O) groups excluding carboxylic acids is 1. The fraction of sp³-hybridized carbons (Fsp3) is 0.267. The van der Waals surface area contributed by atoms with Crippen molar-refractivity contribution in [1.29, 1.82) is 0 Å². The fourth-order valence-electron chi connectivity index (χ4n) is 5.06. The van der Waals surface area contributed by atoms with E-state index in [9.17, 15) is 4.79 Å². The van der Waals surface area contributed by atoms with Gasteiger partial charge in [0.2, 0.25) is 6.79 Å². The van der Waals surface area contributed by atoms with E-state index in [1.54, 1.807) is 0 Å². The van der Waals surface area contributed by atoms with E-state index in [2.05, 4.69) is 17.1 Å². The van der Waals surface area contributed by atoms with E-state index in [1.807, 2.05) is 71.6 Å². The van der Waals surface area contributed by atoms with Crippen LogP contribution in [-0.4, -0.2) is 34.4 Å². The number of hydrogen-bond donors (Lipinski definition) is 1. The van der Waals surface area contributed by atoms with Crippen molar-refractivity contribution in [3.05, 3.63) is 94.1 Å². The van der Waals surface area contributed by atoms with Gasteiger partial charge in [-0.15, -0.1) is 0 Å². The molecule has 0 bridgehead atoms. The van der Waals surface area contributed by atoms with Gasteiger partial charge in [-0.25, -0.2) is 0 Å². The number of nitrogens with one attached hydrogen (secondary N) is 1. The molecule has 6 rings (SSSR count). The third-order valence-corrected chi connectivity index (χ3v) is 7.24. The summed E-state index contributed by atoms with van der Waals surface area (Å²) in [6.07, 6.45) is 3.33. The maximum absolute atomic E-state index is 13.7. The molecule has 0 saturated carbocycles. The van der Waals surface area contributed by atoms with E-state index in [1.165, 1.54) is 0 Å². The number of H-pyrrole nitrogens is 1. The molecule has 0 spiro atoms. The van der Waals surface area contributed by atoms with Crippen LogP contribution in [0.3, 0.4) is 0 Å². The van der Waals surface area contributed by atoms with Crippen LogP contribution >= 0.6 is 11.6 Å². The first-order chi connectivity index (χ1) is 18.6. The standard InChI is InChI=1S/C30H28ClN3O4/c1-2-3-4-15-36-23-12-8-21(9-13-23)29-26-27(20-6-10-22(31)11-7-20)32-33-28(26)30(35)34(29)17-19-5-14-24-25(16-19)38-18-37-24/h5-14,16,29H,2-4,15,17-18H2,1H3,(H,32,33). The average Bonchev–Trinajstić information content (AvgIpc) is 3.64. The van der Waals surface area contributed by atoms with Crippen LogP contribution in [0.1, 0.15) is 59.4 Å². The summed E-state index contributed by atoms with van der Waals surface area (Å²) in [4.78, 5) is 15.6. The largest absolute Gasteiger partial charge is 0.494 e. The first-order valence-corrected chi connectivity index (χ1v) is 13.3. The van der Waals surface area contributed by atoms with Crippen LogP contribution in [0, 0.1) is 0 Å². The van der Waals surface area contributed by atoms with Gasteiger partial charge in [-0.1, -0.05) is 61.7 Å². The van der Waals surface area contributed by atoms with Gasteiger partial charge in [0.25, 0.3) is 5.91 Å². The van der Waals surface area contributed by atoms with Crippen LogP contribution in [0.4, 0.5) is 0 Å². The number of carbonyl (C=O) groups is 1. The van der Waals surface area contributed by atoms with Gasteiger partial charge in [0.15, 0.2) is 11.5 Å². The Morgan fingerprint density at radius 1 is 1.03 bits per heavy atom. The molecule has 2 aliphatic rings. The molecule has 194 valence electrons. The molecule has 1 amide bonds. The molecule has 1 N–H and O–H groups in total. The second-order valence-corrected chi connectivity index (χ2v) is 9.95. The van der Waals surface area contributed by atoms with Gasteiger partial charge in [-0.2, -0.15) is 5.10 Å². The number of amides is 1. The Labute approximate surface area is 226 Å². The van der Waals surface area contributed by atoms with E-state index in [4.69, 9.17) is 25.8 Å². The molecule has 4 aromatic rings. The Morgan fingerprint density at radius 3 is 2.61 bits per heavy atom. The Hall–Kier alpha value is -3.97. The molecule has 8 heteroatoms. The molecule has 0 aliphatic carbocycles. The lowest BCUT2D eigenvalue weighted by molar-refractivity contribution is 0.0730. The molecule has 2 aliphatic heterocycles. The maximum atomic E-state index is 13.7. The molecule has 1 atom stereocenters. The second-order valence-electron chi connectivity index (χ2n) is 9.52. The molecule has 0 radical (unpaired) electrons. The number of halogens is 1. The van der Waals surface area contributed by atoms with Crippen molar-refractivity contribution in [2.75, 3.05) is 13.4 Å². The molecule has 7 nitrogen and oxygen atoms in total. The molecular weight excluding hydrogens is 502 g/mol. The van der Waals surface area contributed by atoms with Crippen LogP contribution in [0.15, 0.2) is 66.7 Å². The Morgan fingerprint density at radius 2 is 1.82 bits per heavy atom. The summed E-state index contributed by atoms with van der Waals surface area (Å²) in [6, 6.07) is 21.0. The monoisotopic (exact) mass is 529 g/mol. The van der Waals surface area contributed by atoms with Gasteiger partial charge < -0.3 is 19.1 Å². The third-order valence-electron chi connectivity index (χ3n) is 6.98. The average molecular weight is 530 g/mol. The zero-order chi connectivity index (χ0) is 26.1. The molecule has 0 fully saturated rings. The summed E-state index contributed by atoms with van der Waals surface area (Å²) in [5, 5.41) is 8.21. The lowest BCUT2D eigenvalue weighted by Crippen LogP contribution is -2.29. The molecule has 38 heavy (non-hydrogen) atoms. The van der Waals surface area contributed by atoms with E-state index >= 15 is 0 Å². The zero-order valence-electron chi connectivity index (χ0n) is 21.1. The first kappa shape index (κ1) is 24.4. The van der Waals surface area contributed by atoms with Gasteiger partial charge in [-0.3, -0.25) is 9.89 Å². The molecule has 0 saturated heterocycles. The van der Waals surface area contributed by atoms with E-state index in [0.717, 1.165) is 53.0 Å². The molecule has 3 heterocycles. The van der Waals surface area contributed by atoms with Gasteiger partial charge in [0.05, 0.1) is 18.3 Å². The first-order valence-electron chi connectivity index (χ1n) is 12.9. The van der Waals surface area contributed by atoms with E-state index < -0.39 is 0 Å². The quantitative estimate of drug-likeness (QED) is 0.242. The minimum absolute atomic E-state index is 0.102. The zero-order valence-corrected chi connectivity index (χ0v) is 21.8. The smallest absolute Gasteiger partial charge is 0.273 e. The van der Waals surface area contributed by atoms with Gasteiger partial charge in [-0.05, 0) is 53.9 Å². The number of rotatable bonds is 9. The van der Waals surface area contributed by atoms with Crippen molar-refractivity contribution in [3.8, 4) is 28.5 Å². The van der Waals surface area contributed by atoms with Crippen molar-refractivity contribution in [3.63, 3.8) is 0 Å². The number of fused-ring (bicyclic) bond motifs is 2. The van der Waals surface area contributed by atoms with Crippen LogP contribution in [0.2, 0.25) is 5.02 Å². The predicted molar refractivity (Wildman–Crippen MR) is 145 cm³/mol. The third kappa shape index (κ3) is 4.58. The molecule has 1 unspecified atom stereocenters. The van der Waals surface area contributed by atoms with Crippen LogP contribution in [0.25, 0.3) is 11.3 Å². The number of nitrogens with zero attached hydrogens (tertiary/aromatic N) is 2. The normalized spacial score (nSPS) is 15.7. The highest BCUT2D eigenvalue weighted by Gasteiger charge is 2.42. The summed E-state index contributed by atoms with van der Waals surface area (Å²) < 4.78 is 17.0. The predicted octanol–water partition coefficient (Wildman–Crippen LogP) is 6.77. The topological polar surface area (TPSA) is 76.7 Å². The molecular formula is C30H28ClN3O4. The Kier molecular flexibility index (Phi) is 6.68. The summed E-state index contributed by atoms with van der Waals surface area (Å²) in [6.45, 7) is 3.48. The Balaban J connectivity index is 1.36. The van der Waals surface area contributed by atoms with Crippen LogP contribution in [0.5, 0.6) is 17.2 Å². The summed E-state index contributed by atoms with van der Waals surface area (Å²) in [5.41, 5.74) is 4.92. The SMILES string of the molecule is CCCCCOc1ccc(C2c3c(-c4ccc(Cl)cc4)n[nH]c3C(=O)N2Cc2ccc3c(c2)OCO3)cc1. The van der Waals surface area contributed by atoms with Gasteiger partial charge in [0.1, 0.15) is 11.4 Å². The number of hydrogen-bond acceptors (Lipinski definition) is 5. The van der Waals surface area contributed by atoms with Crippen molar-refractivity contribution in [2.45, 2.75) is 38.8 Å². The summed E-state index contributed by atoms with van der Waals surface area (Å²) in [7, 11) is 0. The highest BCUT2D eigenvalue weighted by Crippen LogP contribution is 2.44. The van der Waals surface area contributed by atoms with Gasteiger partial charge in [0, 0.05) is 22.7 Å². The van der Waals surface area contributed by atoms with Crippen LogP contribution in [-0.2, 0) is 6.54 Å².